The summed E-state index contributed by atoms with van der Waals surface area (Å²) in [5, 5.41) is 14.4. The molecule has 0 radical (unpaired) electrons. The van der Waals surface area contributed by atoms with E-state index in [0.29, 0.717) is 30.6 Å². The van der Waals surface area contributed by atoms with Gasteiger partial charge < -0.3 is 20.2 Å². The van der Waals surface area contributed by atoms with Crippen LogP contribution in [0.4, 0.5) is 5.82 Å². The van der Waals surface area contributed by atoms with Crippen LogP contribution in [0.25, 0.3) is 0 Å². The number of nitrogens with zero attached hydrogens (tertiary/aromatic N) is 4. The molecule has 8 heteroatoms. The van der Waals surface area contributed by atoms with Crippen molar-refractivity contribution >= 4 is 23.3 Å². The van der Waals surface area contributed by atoms with Crippen LogP contribution >= 0.6 is 11.6 Å². The summed E-state index contributed by atoms with van der Waals surface area (Å²) in [6.45, 7) is 9.86. The number of hydrogen-bond donors (Lipinski definition) is 2. The number of fused-ring (bicyclic) bond motifs is 1. The Balaban J connectivity index is 1.45. The number of aliphatic hydroxyl groups excluding tert-OH is 1. The Hall–Kier alpha value is -2.22. The summed E-state index contributed by atoms with van der Waals surface area (Å²) < 4.78 is 0. The molecule has 2 aromatic rings. The molecular formula is C25H34ClN5O2. The van der Waals surface area contributed by atoms with Crippen LogP contribution in [0.15, 0.2) is 30.6 Å². The predicted octanol–water partition coefficient (Wildman–Crippen LogP) is 3.49. The number of carbonyl (C=O) groups is 1. The molecule has 1 aliphatic heterocycles. The van der Waals surface area contributed by atoms with Crippen LogP contribution in [-0.2, 0) is 4.79 Å². The lowest BCUT2D eigenvalue weighted by molar-refractivity contribution is -0.133. The van der Waals surface area contributed by atoms with E-state index < -0.39 is 6.10 Å². The first kappa shape index (κ1) is 23.9. The fraction of sp³-hybridized carbons (Fsp3) is 0.560. The van der Waals surface area contributed by atoms with Crippen molar-refractivity contribution in [2.45, 2.75) is 57.6 Å². The maximum Gasteiger partial charge on any atom is 0.230 e. The lowest BCUT2D eigenvalue weighted by Crippen LogP contribution is -2.50. The van der Waals surface area contributed by atoms with Crippen LogP contribution < -0.4 is 10.2 Å². The van der Waals surface area contributed by atoms with E-state index in [1.165, 1.54) is 0 Å². The van der Waals surface area contributed by atoms with Gasteiger partial charge in [-0.1, -0.05) is 44.5 Å². The van der Waals surface area contributed by atoms with Gasteiger partial charge in [-0.2, -0.15) is 0 Å². The summed E-state index contributed by atoms with van der Waals surface area (Å²) in [4.78, 5) is 26.7. The van der Waals surface area contributed by atoms with Crippen molar-refractivity contribution in [3.05, 3.63) is 52.4 Å². The summed E-state index contributed by atoms with van der Waals surface area (Å²) in [6, 6.07) is 8.03. The zero-order chi connectivity index (χ0) is 23.5. The van der Waals surface area contributed by atoms with Gasteiger partial charge in [0.05, 0.1) is 17.7 Å². The van der Waals surface area contributed by atoms with Crippen LogP contribution in [-0.4, -0.2) is 64.6 Å². The number of aromatic nitrogens is 2. The fourth-order valence-corrected chi connectivity index (χ4v) is 5.08. The minimum Gasteiger partial charge on any atom is -0.387 e. The van der Waals surface area contributed by atoms with E-state index in [1.807, 2.05) is 29.2 Å². The SMILES string of the molecule is CC(C)NCCC(C(=O)N1CCN(c2ncnc3c2[C@H](C)C[C@H]3O)CC1)c1ccc(Cl)cc1. The van der Waals surface area contributed by atoms with Crippen LogP contribution in [0, 0.1) is 0 Å². The van der Waals surface area contributed by atoms with Crippen LogP contribution in [0.5, 0.6) is 0 Å². The minimum absolute atomic E-state index is 0.166. The first-order chi connectivity index (χ1) is 15.8. The molecule has 178 valence electrons. The summed E-state index contributed by atoms with van der Waals surface area (Å²) in [7, 11) is 0. The van der Waals surface area contributed by atoms with Crippen molar-refractivity contribution < 1.29 is 9.90 Å². The molecule has 1 amide bonds. The average molecular weight is 472 g/mol. The van der Waals surface area contributed by atoms with Crippen molar-refractivity contribution in [1.29, 1.82) is 0 Å². The Bertz CT molecular complexity index is 960. The Morgan fingerprint density at radius 1 is 1.18 bits per heavy atom. The van der Waals surface area contributed by atoms with Gasteiger partial charge in [0.1, 0.15) is 12.1 Å². The summed E-state index contributed by atoms with van der Waals surface area (Å²) >= 11 is 6.09. The second-order valence-electron chi connectivity index (χ2n) is 9.46. The lowest BCUT2D eigenvalue weighted by atomic mass is 9.93. The molecule has 1 saturated heterocycles. The van der Waals surface area contributed by atoms with Gasteiger partial charge in [-0.25, -0.2) is 9.97 Å². The van der Waals surface area contributed by atoms with E-state index in [9.17, 15) is 9.90 Å². The summed E-state index contributed by atoms with van der Waals surface area (Å²) in [5.74, 6) is 1.11. The summed E-state index contributed by atoms with van der Waals surface area (Å²) in [6.07, 6.45) is 2.46. The van der Waals surface area contributed by atoms with Crippen LogP contribution in [0.1, 0.15) is 68.4 Å². The number of rotatable bonds is 7. The molecule has 1 unspecified atom stereocenters. The molecule has 1 aromatic heterocycles. The molecule has 0 saturated carbocycles. The number of piperazine rings is 1. The van der Waals surface area contributed by atoms with E-state index in [1.54, 1.807) is 6.33 Å². The first-order valence-corrected chi connectivity index (χ1v) is 12.3. The average Bonchev–Trinajstić information content (AvgIpc) is 3.11. The van der Waals surface area contributed by atoms with E-state index >= 15 is 0 Å². The number of benzene rings is 1. The molecule has 0 spiro atoms. The molecule has 1 fully saturated rings. The number of anilines is 1. The van der Waals surface area contributed by atoms with Gasteiger partial charge in [-0.3, -0.25) is 4.79 Å². The number of aliphatic hydroxyl groups is 1. The fourth-order valence-electron chi connectivity index (χ4n) is 4.96. The molecule has 0 bridgehead atoms. The van der Waals surface area contributed by atoms with Crippen molar-refractivity contribution in [3.63, 3.8) is 0 Å². The number of hydrogen-bond acceptors (Lipinski definition) is 6. The molecule has 2 heterocycles. The van der Waals surface area contributed by atoms with Gasteiger partial charge in [0.2, 0.25) is 5.91 Å². The molecule has 7 nitrogen and oxygen atoms in total. The standard InChI is InChI=1S/C25H34ClN5O2/c1-16(2)27-9-8-20(18-4-6-19(26)7-5-18)25(33)31-12-10-30(11-13-31)24-22-17(3)14-21(32)23(22)28-15-29-24/h4-7,15-17,20-21,27,32H,8-14H2,1-3H3/t17-,20?,21-/m1/s1. The zero-order valence-corrected chi connectivity index (χ0v) is 20.4. The number of nitrogens with one attached hydrogen (secondary N) is 1. The topological polar surface area (TPSA) is 81.6 Å². The largest absolute Gasteiger partial charge is 0.387 e. The Morgan fingerprint density at radius 3 is 2.55 bits per heavy atom. The van der Waals surface area contributed by atoms with Gasteiger partial charge in [0.15, 0.2) is 0 Å². The molecule has 2 N–H and O–H groups in total. The van der Waals surface area contributed by atoms with Crippen LogP contribution in [0.2, 0.25) is 5.02 Å². The Morgan fingerprint density at radius 2 is 1.88 bits per heavy atom. The van der Waals surface area contributed by atoms with Gasteiger partial charge in [-0.15, -0.1) is 0 Å². The van der Waals surface area contributed by atoms with Crippen molar-refractivity contribution in [1.82, 2.24) is 20.2 Å². The molecule has 3 atom stereocenters. The number of halogens is 1. The first-order valence-electron chi connectivity index (χ1n) is 11.9. The maximum atomic E-state index is 13.6. The minimum atomic E-state index is -0.515. The van der Waals surface area contributed by atoms with Crippen molar-refractivity contribution in [3.8, 4) is 0 Å². The third-order valence-electron chi connectivity index (χ3n) is 6.73. The third-order valence-corrected chi connectivity index (χ3v) is 6.98. The van der Waals surface area contributed by atoms with Crippen molar-refractivity contribution in [2.75, 3.05) is 37.6 Å². The Kier molecular flexibility index (Phi) is 7.51. The highest BCUT2D eigenvalue weighted by Gasteiger charge is 2.35. The monoisotopic (exact) mass is 471 g/mol. The number of amides is 1. The lowest BCUT2D eigenvalue weighted by Gasteiger charge is -2.38. The third kappa shape index (κ3) is 5.31. The predicted molar refractivity (Wildman–Crippen MR) is 131 cm³/mol. The highest BCUT2D eigenvalue weighted by atomic mass is 35.5. The quantitative estimate of drug-likeness (QED) is 0.643. The number of carbonyl (C=O) groups excluding carboxylic acids is 1. The maximum absolute atomic E-state index is 13.6. The van der Waals surface area contributed by atoms with Crippen molar-refractivity contribution in [2.24, 2.45) is 0 Å². The molecule has 1 aliphatic carbocycles. The van der Waals surface area contributed by atoms with Crippen LogP contribution in [0.3, 0.4) is 0 Å². The van der Waals surface area contributed by atoms with E-state index in [4.69, 9.17) is 11.6 Å². The Labute approximate surface area is 201 Å². The van der Waals surface area contributed by atoms with Gasteiger partial charge in [-0.05, 0) is 43.0 Å². The van der Waals surface area contributed by atoms with Gasteiger partial charge in [0.25, 0.3) is 0 Å². The zero-order valence-electron chi connectivity index (χ0n) is 19.7. The molecule has 1 aromatic carbocycles. The normalized spacial score (nSPS) is 21.4. The van der Waals surface area contributed by atoms with E-state index in [-0.39, 0.29) is 17.7 Å². The summed E-state index contributed by atoms with van der Waals surface area (Å²) in [5.41, 5.74) is 2.82. The highest BCUT2D eigenvalue weighted by Crippen LogP contribution is 2.42. The second-order valence-corrected chi connectivity index (χ2v) is 9.90. The highest BCUT2D eigenvalue weighted by molar-refractivity contribution is 6.30. The van der Waals surface area contributed by atoms with E-state index in [0.717, 1.165) is 48.7 Å². The van der Waals surface area contributed by atoms with Gasteiger partial charge >= 0.3 is 0 Å². The molecular weight excluding hydrogens is 438 g/mol. The van der Waals surface area contributed by atoms with Gasteiger partial charge in [0, 0.05) is 42.8 Å². The van der Waals surface area contributed by atoms with E-state index in [2.05, 4.69) is 41.0 Å². The molecule has 33 heavy (non-hydrogen) atoms. The molecule has 4 rings (SSSR count). The molecule has 2 aliphatic rings. The smallest absolute Gasteiger partial charge is 0.230 e. The second kappa shape index (κ2) is 10.4.